The highest BCUT2D eigenvalue weighted by Gasteiger charge is 2.25. The summed E-state index contributed by atoms with van der Waals surface area (Å²) in [5.74, 6) is -0.232. The predicted octanol–water partition coefficient (Wildman–Crippen LogP) is 3.00. The van der Waals surface area contributed by atoms with Crippen molar-refractivity contribution in [2.24, 2.45) is 0 Å². The minimum absolute atomic E-state index is 0.120. The van der Waals surface area contributed by atoms with Gasteiger partial charge < -0.3 is 5.32 Å². The third-order valence-corrected chi connectivity index (χ3v) is 5.55. The van der Waals surface area contributed by atoms with Crippen molar-refractivity contribution in [2.45, 2.75) is 37.6 Å². The molecule has 3 rings (SSSR count). The fourth-order valence-electron chi connectivity index (χ4n) is 2.41. The van der Waals surface area contributed by atoms with E-state index in [-0.39, 0.29) is 16.8 Å². The van der Waals surface area contributed by atoms with E-state index in [1.54, 1.807) is 31.2 Å². The number of hydrogen-bond acceptors (Lipinski definition) is 3. The van der Waals surface area contributed by atoms with Crippen LogP contribution in [0.4, 0.5) is 5.69 Å². The first-order valence-corrected chi connectivity index (χ1v) is 9.35. The van der Waals surface area contributed by atoms with Crippen LogP contribution in [0, 0.1) is 13.8 Å². The van der Waals surface area contributed by atoms with E-state index in [1.165, 1.54) is 6.07 Å². The highest BCUT2D eigenvalue weighted by Crippen LogP contribution is 2.24. The van der Waals surface area contributed by atoms with Gasteiger partial charge in [-0.05, 0) is 56.0 Å². The van der Waals surface area contributed by atoms with Crippen LogP contribution < -0.4 is 10.0 Å². The Morgan fingerprint density at radius 2 is 1.75 bits per heavy atom. The third kappa shape index (κ3) is 3.59. The number of para-hydroxylation sites is 1. The molecular formula is C18H20N2O3S. The molecule has 0 radical (unpaired) electrons. The number of carbonyl (C=O) groups is 1. The molecule has 0 spiro atoms. The van der Waals surface area contributed by atoms with Crippen molar-refractivity contribution >= 4 is 21.6 Å². The minimum Gasteiger partial charge on any atom is -0.349 e. The zero-order valence-corrected chi connectivity index (χ0v) is 14.5. The van der Waals surface area contributed by atoms with Crippen molar-refractivity contribution in [1.29, 1.82) is 0 Å². The van der Waals surface area contributed by atoms with Gasteiger partial charge in [0.05, 0.1) is 10.6 Å². The molecule has 0 saturated heterocycles. The lowest BCUT2D eigenvalue weighted by atomic mass is 10.1. The number of nitrogens with one attached hydrogen (secondary N) is 2. The Bertz CT molecular complexity index is 887. The van der Waals surface area contributed by atoms with E-state index >= 15 is 0 Å². The molecule has 5 nitrogen and oxygen atoms in total. The molecule has 6 heteroatoms. The number of aryl methyl sites for hydroxylation is 2. The van der Waals surface area contributed by atoms with E-state index in [1.807, 2.05) is 19.1 Å². The Morgan fingerprint density at radius 1 is 1.04 bits per heavy atom. The number of carbonyl (C=O) groups excluding carboxylic acids is 1. The van der Waals surface area contributed by atoms with Crippen molar-refractivity contribution in [1.82, 2.24) is 5.32 Å². The van der Waals surface area contributed by atoms with Crippen LogP contribution in [0.5, 0.6) is 0 Å². The van der Waals surface area contributed by atoms with E-state index in [0.29, 0.717) is 16.8 Å². The number of amides is 1. The fourth-order valence-corrected chi connectivity index (χ4v) is 3.82. The van der Waals surface area contributed by atoms with Gasteiger partial charge in [-0.15, -0.1) is 0 Å². The molecule has 0 heterocycles. The van der Waals surface area contributed by atoms with Crippen molar-refractivity contribution in [3.8, 4) is 0 Å². The molecule has 1 aliphatic rings. The van der Waals surface area contributed by atoms with E-state index in [0.717, 1.165) is 18.4 Å². The van der Waals surface area contributed by atoms with Crippen molar-refractivity contribution in [3.63, 3.8) is 0 Å². The fraction of sp³-hybridized carbons (Fsp3) is 0.278. The summed E-state index contributed by atoms with van der Waals surface area (Å²) in [5, 5.41) is 2.87. The molecule has 24 heavy (non-hydrogen) atoms. The van der Waals surface area contributed by atoms with Crippen LogP contribution in [0.15, 0.2) is 47.4 Å². The maximum atomic E-state index is 12.7. The van der Waals surface area contributed by atoms with E-state index in [4.69, 9.17) is 0 Å². The van der Waals surface area contributed by atoms with Gasteiger partial charge in [-0.1, -0.05) is 24.3 Å². The molecule has 0 bridgehead atoms. The molecule has 0 aliphatic heterocycles. The lowest BCUT2D eigenvalue weighted by Crippen LogP contribution is -2.26. The predicted molar refractivity (Wildman–Crippen MR) is 93.7 cm³/mol. The van der Waals surface area contributed by atoms with E-state index in [2.05, 4.69) is 10.0 Å². The van der Waals surface area contributed by atoms with Gasteiger partial charge in [-0.3, -0.25) is 9.52 Å². The minimum atomic E-state index is -3.77. The lowest BCUT2D eigenvalue weighted by Gasteiger charge is -2.13. The van der Waals surface area contributed by atoms with Crippen molar-refractivity contribution < 1.29 is 13.2 Å². The topological polar surface area (TPSA) is 75.3 Å². The summed E-state index contributed by atoms with van der Waals surface area (Å²) < 4.78 is 28.1. The van der Waals surface area contributed by atoms with Crippen LogP contribution in [0.2, 0.25) is 0 Å². The standard InChI is InChI=1S/C18H20N2O3S/c1-12-5-3-4-6-16(12)20-24(22,23)17-11-14(8-7-13(17)2)18(21)19-15-9-10-15/h3-8,11,15,20H,9-10H2,1-2H3,(H,19,21). The van der Waals surface area contributed by atoms with Gasteiger partial charge in [-0.2, -0.15) is 0 Å². The second-order valence-electron chi connectivity index (χ2n) is 6.15. The molecule has 1 fully saturated rings. The first kappa shape index (κ1) is 16.5. The van der Waals surface area contributed by atoms with Crippen LogP contribution in [-0.4, -0.2) is 20.4 Å². The molecule has 1 amide bonds. The summed E-state index contributed by atoms with van der Waals surface area (Å²) in [4.78, 5) is 12.3. The highest BCUT2D eigenvalue weighted by molar-refractivity contribution is 7.92. The van der Waals surface area contributed by atoms with Crippen LogP contribution in [-0.2, 0) is 10.0 Å². The molecule has 0 aromatic heterocycles. The Hall–Kier alpha value is -2.34. The van der Waals surface area contributed by atoms with Crippen LogP contribution in [0.25, 0.3) is 0 Å². The quantitative estimate of drug-likeness (QED) is 0.875. The summed E-state index contributed by atoms with van der Waals surface area (Å²) in [7, 11) is -3.77. The summed E-state index contributed by atoms with van der Waals surface area (Å²) in [6.45, 7) is 3.55. The number of benzene rings is 2. The number of sulfonamides is 1. The molecule has 1 saturated carbocycles. The van der Waals surface area contributed by atoms with Crippen LogP contribution in [0.1, 0.15) is 34.3 Å². The van der Waals surface area contributed by atoms with Crippen LogP contribution in [0.3, 0.4) is 0 Å². The molecule has 2 N–H and O–H groups in total. The average molecular weight is 344 g/mol. The summed E-state index contributed by atoms with van der Waals surface area (Å²) in [6, 6.07) is 12.2. The second kappa shape index (κ2) is 6.28. The van der Waals surface area contributed by atoms with Gasteiger partial charge >= 0.3 is 0 Å². The number of anilines is 1. The maximum Gasteiger partial charge on any atom is 0.262 e. The summed E-state index contributed by atoms with van der Waals surface area (Å²) in [5.41, 5.74) is 2.32. The largest absolute Gasteiger partial charge is 0.349 e. The van der Waals surface area contributed by atoms with E-state index < -0.39 is 10.0 Å². The monoisotopic (exact) mass is 344 g/mol. The second-order valence-corrected chi connectivity index (χ2v) is 7.80. The van der Waals surface area contributed by atoms with Gasteiger partial charge in [-0.25, -0.2) is 8.42 Å². The zero-order chi connectivity index (χ0) is 17.3. The lowest BCUT2D eigenvalue weighted by molar-refractivity contribution is 0.0951. The number of rotatable bonds is 5. The Labute approximate surface area is 142 Å². The average Bonchev–Trinajstić information content (AvgIpc) is 3.33. The molecule has 2 aromatic rings. The zero-order valence-electron chi connectivity index (χ0n) is 13.7. The molecule has 2 aromatic carbocycles. The molecular weight excluding hydrogens is 324 g/mol. The van der Waals surface area contributed by atoms with Gasteiger partial charge in [0.2, 0.25) is 0 Å². The van der Waals surface area contributed by atoms with E-state index in [9.17, 15) is 13.2 Å². The smallest absolute Gasteiger partial charge is 0.262 e. The third-order valence-electron chi connectivity index (χ3n) is 4.04. The van der Waals surface area contributed by atoms with Gasteiger partial charge in [0.25, 0.3) is 15.9 Å². The highest BCUT2D eigenvalue weighted by atomic mass is 32.2. The summed E-state index contributed by atoms with van der Waals surface area (Å²) in [6.07, 6.45) is 1.97. The molecule has 1 aliphatic carbocycles. The normalized spacial score (nSPS) is 14.2. The van der Waals surface area contributed by atoms with Crippen molar-refractivity contribution in [2.75, 3.05) is 4.72 Å². The molecule has 0 atom stereocenters. The summed E-state index contributed by atoms with van der Waals surface area (Å²) >= 11 is 0. The Morgan fingerprint density at radius 3 is 2.42 bits per heavy atom. The molecule has 0 unspecified atom stereocenters. The van der Waals surface area contributed by atoms with Crippen molar-refractivity contribution in [3.05, 3.63) is 59.2 Å². The van der Waals surface area contributed by atoms with Gasteiger partial charge in [0.1, 0.15) is 0 Å². The Balaban J connectivity index is 1.91. The Kier molecular flexibility index (Phi) is 4.32. The van der Waals surface area contributed by atoms with Gasteiger partial charge in [0, 0.05) is 11.6 Å². The van der Waals surface area contributed by atoms with Gasteiger partial charge in [0.15, 0.2) is 0 Å². The van der Waals surface area contributed by atoms with Crippen LogP contribution >= 0.6 is 0 Å². The first-order valence-electron chi connectivity index (χ1n) is 7.87. The number of hydrogen-bond donors (Lipinski definition) is 2. The molecule has 126 valence electrons. The SMILES string of the molecule is Cc1ccccc1NS(=O)(=O)c1cc(C(=O)NC2CC2)ccc1C. The first-order chi connectivity index (χ1) is 11.4. The maximum absolute atomic E-state index is 12.7.